The molecule has 0 bridgehead atoms. The number of allylic oxidation sites excluding steroid dienone is 3. The van der Waals surface area contributed by atoms with Crippen LogP contribution in [0.1, 0.15) is 5.56 Å². The fourth-order valence-electron chi connectivity index (χ4n) is 1.83. The number of benzene rings is 1. The maximum Gasteiger partial charge on any atom is 0.0343 e. The predicted molar refractivity (Wildman–Crippen MR) is 68.1 cm³/mol. The summed E-state index contributed by atoms with van der Waals surface area (Å²) >= 11 is 0. The van der Waals surface area contributed by atoms with E-state index in [1.807, 2.05) is 18.4 Å². The average Bonchev–Trinajstić information content (AvgIpc) is 2.48. The van der Waals surface area contributed by atoms with Gasteiger partial charge in [0.05, 0.1) is 0 Å². The van der Waals surface area contributed by atoms with Crippen LogP contribution < -0.4 is 0 Å². The van der Waals surface area contributed by atoms with Gasteiger partial charge in [-0.15, -0.1) is 0 Å². The molecule has 74 valence electrons. The summed E-state index contributed by atoms with van der Waals surface area (Å²) in [6.45, 7) is 0. The van der Waals surface area contributed by atoms with Gasteiger partial charge in [0.15, 0.2) is 0 Å². The summed E-state index contributed by atoms with van der Waals surface area (Å²) in [5.41, 5.74) is 1.30. The van der Waals surface area contributed by atoms with Gasteiger partial charge < -0.3 is 0 Å². The first kappa shape index (κ1) is 8.74. The zero-order valence-electron chi connectivity index (χ0n) is 8.21. The van der Waals surface area contributed by atoms with Crippen LogP contribution in [0.2, 0.25) is 0 Å². The summed E-state index contributed by atoms with van der Waals surface area (Å²) in [6, 6.07) is 8.49. The van der Waals surface area contributed by atoms with Crippen molar-refractivity contribution in [2.24, 2.45) is 4.40 Å². The Morgan fingerprint density at radius 1 is 0.933 bits per heavy atom. The maximum absolute atomic E-state index is 4.69. The molecule has 0 radical (unpaired) electrons. The van der Waals surface area contributed by atoms with E-state index in [1.54, 1.807) is 0 Å². The quantitative estimate of drug-likeness (QED) is 0.619. The Morgan fingerprint density at radius 3 is 2.87 bits per heavy atom. The Hall–Kier alpha value is -1.54. The number of rotatable bonds is 0. The minimum Gasteiger partial charge on any atom is -0.234 e. The number of hydrogen-bond acceptors (Lipinski definition) is 1. The molecule has 1 unspecified atom stereocenters. The predicted octanol–water partition coefficient (Wildman–Crippen LogP) is 3.90. The van der Waals surface area contributed by atoms with Crippen LogP contribution in [0.4, 0.5) is 0 Å². The second kappa shape index (κ2) is 3.24. The van der Waals surface area contributed by atoms with Crippen molar-refractivity contribution >= 4 is 22.5 Å². The lowest BCUT2D eigenvalue weighted by Crippen LogP contribution is -1.87. The number of hydrogen-bond donors (Lipinski definition) is 0. The van der Waals surface area contributed by atoms with E-state index in [-0.39, 0.29) is 0 Å². The summed E-state index contributed by atoms with van der Waals surface area (Å²) < 4.78 is 4.69. The van der Waals surface area contributed by atoms with E-state index in [0.29, 0.717) is 0 Å². The van der Waals surface area contributed by atoms with Gasteiger partial charge in [0, 0.05) is 11.1 Å². The molecule has 0 saturated carbocycles. The third-order valence-corrected chi connectivity index (χ3v) is 5.23. The Labute approximate surface area is 91.0 Å². The Bertz CT molecular complexity index is 493. The van der Waals surface area contributed by atoms with E-state index in [1.165, 1.54) is 10.5 Å². The van der Waals surface area contributed by atoms with Crippen LogP contribution in [-0.2, 0) is 0 Å². The van der Waals surface area contributed by atoms with Crippen LogP contribution in [0.15, 0.2) is 62.6 Å². The highest BCUT2D eigenvalue weighted by Gasteiger charge is 2.25. The molecular weight excluding hydrogens is 202 g/mol. The van der Waals surface area contributed by atoms with E-state index in [0.717, 1.165) is 0 Å². The molecule has 0 fully saturated rings. The first-order chi connectivity index (χ1) is 7.41. The van der Waals surface area contributed by atoms with Crippen molar-refractivity contribution in [3.63, 3.8) is 0 Å². The summed E-state index contributed by atoms with van der Waals surface area (Å²) in [5.74, 6) is 0. The van der Waals surface area contributed by atoms with Gasteiger partial charge in [-0.2, -0.15) is 0 Å². The molecule has 15 heavy (non-hydrogen) atoms. The Morgan fingerprint density at radius 2 is 1.87 bits per heavy atom. The third kappa shape index (κ3) is 1.29. The van der Waals surface area contributed by atoms with Crippen LogP contribution in [0, 0.1) is 0 Å². The molecule has 0 saturated heterocycles. The van der Waals surface area contributed by atoms with E-state index in [2.05, 4.69) is 47.2 Å². The van der Waals surface area contributed by atoms with Gasteiger partial charge in [-0.1, -0.05) is 40.6 Å². The van der Waals surface area contributed by atoms with Crippen molar-refractivity contribution < 1.29 is 0 Å². The molecule has 1 nitrogen and oxygen atoms in total. The highest BCUT2D eigenvalue weighted by molar-refractivity contribution is 8.37. The molecule has 2 aliphatic rings. The molecule has 1 atom stereocenters. The lowest BCUT2D eigenvalue weighted by molar-refractivity contribution is 1.42. The third-order valence-electron chi connectivity index (χ3n) is 2.56. The van der Waals surface area contributed by atoms with Gasteiger partial charge >= 0.3 is 0 Å². The monoisotopic (exact) mass is 213 g/mol. The maximum atomic E-state index is 4.69. The van der Waals surface area contributed by atoms with Crippen molar-refractivity contribution in [1.82, 2.24) is 0 Å². The van der Waals surface area contributed by atoms with Gasteiger partial charge in [0.2, 0.25) is 0 Å². The van der Waals surface area contributed by atoms with E-state index in [4.69, 9.17) is 4.40 Å². The molecule has 1 aromatic rings. The van der Waals surface area contributed by atoms with Crippen LogP contribution in [0.3, 0.4) is 0 Å². The molecular formula is C13H11NS. The van der Waals surface area contributed by atoms with E-state index in [9.17, 15) is 0 Å². The lowest BCUT2D eigenvalue weighted by Gasteiger charge is -2.25. The molecule has 0 N–H and O–H groups in total. The van der Waals surface area contributed by atoms with Crippen molar-refractivity contribution in [2.45, 2.75) is 4.90 Å². The largest absolute Gasteiger partial charge is 0.234 e. The second-order valence-corrected chi connectivity index (χ2v) is 6.03. The number of nitrogens with zero attached hydrogens (tertiary/aromatic N) is 1. The standard InChI is InChI=1S/C13H11NS/c1-4-9-14-15(10-5-1)11-8-12-6-2-3-7-13(12)15/h1-11H. The summed E-state index contributed by atoms with van der Waals surface area (Å²) in [7, 11) is -1.21. The van der Waals surface area contributed by atoms with Crippen molar-refractivity contribution in [1.29, 1.82) is 0 Å². The molecule has 1 spiro atoms. The van der Waals surface area contributed by atoms with Crippen LogP contribution in [0.25, 0.3) is 6.08 Å². The molecule has 1 aromatic carbocycles. The molecule has 3 rings (SSSR count). The Balaban J connectivity index is 2.21. The SMILES string of the molecule is C1=CC=NS2(C=C1)C=Cc1ccccc12. The van der Waals surface area contributed by atoms with Crippen molar-refractivity contribution in [3.8, 4) is 0 Å². The minimum atomic E-state index is -1.21. The first-order valence-corrected chi connectivity index (χ1v) is 6.62. The topological polar surface area (TPSA) is 12.4 Å². The van der Waals surface area contributed by atoms with Crippen LogP contribution in [0.5, 0.6) is 0 Å². The van der Waals surface area contributed by atoms with Gasteiger partial charge in [0.1, 0.15) is 0 Å². The fraction of sp³-hybridized carbons (Fsp3) is 0. The zero-order valence-corrected chi connectivity index (χ0v) is 9.02. The van der Waals surface area contributed by atoms with Gasteiger partial charge in [-0.25, -0.2) is 4.40 Å². The van der Waals surface area contributed by atoms with Gasteiger partial charge in [0.25, 0.3) is 0 Å². The van der Waals surface area contributed by atoms with Crippen LogP contribution in [-0.4, -0.2) is 6.21 Å². The van der Waals surface area contributed by atoms with Gasteiger partial charge in [-0.05, 0) is 34.6 Å². The zero-order chi connectivity index (χ0) is 10.1. The normalized spacial score (nSPS) is 30.1. The summed E-state index contributed by atoms with van der Waals surface area (Å²) in [5, 5.41) is 4.45. The number of fused-ring (bicyclic) bond motifs is 2. The lowest BCUT2D eigenvalue weighted by atomic mass is 10.2. The second-order valence-electron chi connectivity index (χ2n) is 3.48. The Kier molecular flexibility index (Phi) is 1.89. The molecule has 0 amide bonds. The summed E-state index contributed by atoms with van der Waals surface area (Å²) in [4.78, 5) is 1.35. The molecule has 2 heterocycles. The molecule has 0 aromatic heterocycles. The van der Waals surface area contributed by atoms with Crippen molar-refractivity contribution in [3.05, 3.63) is 58.9 Å². The molecule has 0 aliphatic carbocycles. The molecule has 2 heteroatoms. The van der Waals surface area contributed by atoms with Gasteiger partial charge in [-0.3, -0.25) is 0 Å². The average molecular weight is 213 g/mol. The first-order valence-electron chi connectivity index (χ1n) is 4.90. The molecule has 2 aliphatic heterocycles. The van der Waals surface area contributed by atoms with E-state index < -0.39 is 10.2 Å². The smallest absolute Gasteiger partial charge is 0.0343 e. The highest BCUT2D eigenvalue weighted by atomic mass is 32.3. The van der Waals surface area contributed by atoms with Crippen molar-refractivity contribution in [2.75, 3.05) is 0 Å². The fourth-order valence-corrected chi connectivity index (χ4v) is 4.23. The summed E-state index contributed by atoms with van der Waals surface area (Å²) in [6.07, 6.45) is 10.2. The minimum absolute atomic E-state index is 1.21. The van der Waals surface area contributed by atoms with Crippen LogP contribution >= 0.6 is 10.2 Å². The highest BCUT2D eigenvalue weighted by Crippen LogP contribution is 2.65. The van der Waals surface area contributed by atoms with E-state index >= 15 is 0 Å².